The lowest BCUT2D eigenvalue weighted by Crippen LogP contribution is -2.53. The highest BCUT2D eigenvalue weighted by Crippen LogP contribution is 2.53. The van der Waals surface area contributed by atoms with Crippen LogP contribution < -0.4 is 5.32 Å². The third-order valence-electron chi connectivity index (χ3n) is 7.20. The molecule has 160 valence electrons. The summed E-state index contributed by atoms with van der Waals surface area (Å²) < 4.78 is 9.78. The van der Waals surface area contributed by atoms with Crippen LogP contribution in [0.3, 0.4) is 0 Å². The Hall–Kier alpha value is -2.67. The third kappa shape index (κ3) is 3.03. The maximum absolute atomic E-state index is 13.2. The molecule has 1 aromatic rings. The van der Waals surface area contributed by atoms with Crippen LogP contribution in [0.4, 0.5) is 5.69 Å². The van der Waals surface area contributed by atoms with E-state index in [2.05, 4.69) is 17.1 Å². The number of nitrogens with one attached hydrogen (secondary N) is 1. The highest BCUT2D eigenvalue weighted by Gasteiger charge is 2.60. The number of fused-ring (bicyclic) bond motifs is 4. The first-order chi connectivity index (χ1) is 14.5. The lowest BCUT2D eigenvalue weighted by Gasteiger charge is -2.45. The highest BCUT2D eigenvalue weighted by molar-refractivity contribution is 6.07. The molecule has 7 heteroatoms. The minimum Gasteiger partial charge on any atom is -0.466 e. The highest BCUT2D eigenvalue weighted by atomic mass is 16.5. The smallest absolute Gasteiger partial charge is 0.334 e. The number of esters is 2. The molecule has 3 heterocycles. The van der Waals surface area contributed by atoms with Crippen molar-refractivity contribution in [2.45, 2.75) is 37.6 Å². The van der Waals surface area contributed by atoms with Crippen LogP contribution in [0, 0.1) is 11.8 Å². The summed E-state index contributed by atoms with van der Waals surface area (Å²) in [7, 11) is 2.61. The van der Waals surface area contributed by atoms with E-state index in [1.54, 1.807) is 0 Å². The average Bonchev–Trinajstić information content (AvgIpc) is 3.29. The fraction of sp³-hybridized carbons (Fsp3) is 0.522. The molecule has 0 unspecified atom stereocenters. The topological polar surface area (TPSA) is 84.9 Å². The van der Waals surface area contributed by atoms with Gasteiger partial charge in [0.1, 0.15) is 0 Å². The van der Waals surface area contributed by atoms with Crippen LogP contribution in [0.15, 0.2) is 35.9 Å². The van der Waals surface area contributed by atoms with Crippen molar-refractivity contribution < 1.29 is 23.9 Å². The second kappa shape index (κ2) is 7.87. The molecule has 0 bridgehead atoms. The van der Waals surface area contributed by atoms with E-state index in [0.717, 1.165) is 37.2 Å². The monoisotopic (exact) mass is 412 g/mol. The van der Waals surface area contributed by atoms with Crippen LogP contribution in [0.1, 0.15) is 31.7 Å². The van der Waals surface area contributed by atoms with Gasteiger partial charge >= 0.3 is 11.9 Å². The summed E-state index contributed by atoms with van der Waals surface area (Å²) in [5.41, 5.74) is 1.62. The molecule has 1 aromatic carbocycles. The molecule has 3 aliphatic rings. The van der Waals surface area contributed by atoms with E-state index in [1.807, 2.05) is 24.3 Å². The number of benzene rings is 1. The quantitative estimate of drug-likeness (QED) is 0.603. The molecule has 4 atom stereocenters. The molecular formula is C23H28N2O5. The summed E-state index contributed by atoms with van der Waals surface area (Å²) in [5.74, 6) is -1.05. The van der Waals surface area contributed by atoms with Crippen molar-refractivity contribution in [3.8, 4) is 0 Å². The van der Waals surface area contributed by atoms with E-state index in [9.17, 15) is 14.4 Å². The standard InChI is InChI=1S/C23H28N2O5/c1-4-14-13-25-10-9-23(17-7-5-6-8-18(17)24-22(23)28)19(25)11-15(14)16(21(27)30-3)12-20(26)29-2/h5-8,12,14-15,19H,4,9-11,13H2,1-3H3,(H,24,28)/b16-12+/t14-,15-,19-,23+/m0/s1. The Morgan fingerprint density at radius 2 is 2.03 bits per heavy atom. The Balaban J connectivity index is 1.75. The zero-order valence-electron chi connectivity index (χ0n) is 17.6. The number of anilines is 1. The van der Waals surface area contributed by atoms with Gasteiger partial charge in [-0.2, -0.15) is 0 Å². The summed E-state index contributed by atoms with van der Waals surface area (Å²) in [4.78, 5) is 40.2. The van der Waals surface area contributed by atoms with Gasteiger partial charge < -0.3 is 14.8 Å². The van der Waals surface area contributed by atoms with E-state index < -0.39 is 17.4 Å². The molecule has 1 N–H and O–H groups in total. The molecule has 3 aliphatic heterocycles. The molecule has 0 radical (unpaired) electrons. The number of hydrogen-bond acceptors (Lipinski definition) is 6. The number of ether oxygens (including phenoxy) is 2. The van der Waals surface area contributed by atoms with Gasteiger partial charge in [-0.3, -0.25) is 9.69 Å². The molecule has 7 nitrogen and oxygen atoms in total. The number of methoxy groups -OCH3 is 2. The van der Waals surface area contributed by atoms with Crippen LogP contribution in [-0.2, 0) is 29.3 Å². The van der Waals surface area contributed by atoms with Crippen LogP contribution >= 0.6 is 0 Å². The Labute approximate surface area is 176 Å². The Morgan fingerprint density at radius 1 is 1.27 bits per heavy atom. The number of piperidine rings is 1. The van der Waals surface area contributed by atoms with Gasteiger partial charge in [-0.1, -0.05) is 31.5 Å². The van der Waals surface area contributed by atoms with Gasteiger partial charge in [0.2, 0.25) is 5.91 Å². The van der Waals surface area contributed by atoms with Crippen molar-refractivity contribution in [1.82, 2.24) is 4.90 Å². The third-order valence-corrected chi connectivity index (χ3v) is 7.20. The first-order valence-electron chi connectivity index (χ1n) is 10.5. The van der Waals surface area contributed by atoms with E-state index in [1.165, 1.54) is 20.3 Å². The average molecular weight is 412 g/mol. The lowest BCUT2D eigenvalue weighted by molar-refractivity contribution is -0.139. The molecule has 1 amide bonds. The van der Waals surface area contributed by atoms with Crippen LogP contribution in [-0.4, -0.2) is 56.1 Å². The van der Waals surface area contributed by atoms with Gasteiger partial charge in [0.25, 0.3) is 0 Å². The molecular weight excluding hydrogens is 384 g/mol. The summed E-state index contributed by atoms with van der Waals surface area (Å²) in [5, 5.41) is 3.06. The first kappa shape index (κ1) is 20.6. The van der Waals surface area contributed by atoms with Crippen LogP contribution in [0.25, 0.3) is 0 Å². The summed E-state index contributed by atoms with van der Waals surface area (Å²) in [6.45, 7) is 3.71. The predicted molar refractivity (Wildman–Crippen MR) is 111 cm³/mol. The molecule has 2 saturated heterocycles. The van der Waals surface area contributed by atoms with Gasteiger partial charge in [0, 0.05) is 29.9 Å². The molecule has 0 saturated carbocycles. The van der Waals surface area contributed by atoms with Crippen molar-refractivity contribution in [1.29, 1.82) is 0 Å². The second-order valence-electron chi connectivity index (χ2n) is 8.36. The van der Waals surface area contributed by atoms with E-state index in [-0.39, 0.29) is 23.8 Å². The van der Waals surface area contributed by atoms with Crippen LogP contribution in [0.2, 0.25) is 0 Å². The molecule has 1 spiro atoms. The number of hydrogen-bond donors (Lipinski definition) is 1. The minimum atomic E-state index is -0.625. The Morgan fingerprint density at radius 3 is 2.73 bits per heavy atom. The maximum atomic E-state index is 13.2. The Bertz CT molecular complexity index is 911. The van der Waals surface area contributed by atoms with E-state index >= 15 is 0 Å². The molecule has 0 aromatic heterocycles. The van der Waals surface area contributed by atoms with Gasteiger partial charge in [0.15, 0.2) is 0 Å². The number of para-hydroxylation sites is 1. The van der Waals surface area contributed by atoms with Gasteiger partial charge in [-0.15, -0.1) is 0 Å². The number of amides is 1. The fourth-order valence-corrected chi connectivity index (χ4v) is 5.72. The number of nitrogens with zero attached hydrogens (tertiary/aromatic N) is 1. The van der Waals surface area contributed by atoms with E-state index in [4.69, 9.17) is 9.47 Å². The summed E-state index contributed by atoms with van der Waals surface area (Å²) in [6, 6.07) is 7.82. The molecule has 30 heavy (non-hydrogen) atoms. The number of carbonyl (C=O) groups excluding carboxylic acids is 3. The van der Waals surface area contributed by atoms with Crippen molar-refractivity contribution >= 4 is 23.5 Å². The second-order valence-corrected chi connectivity index (χ2v) is 8.36. The molecule has 4 rings (SSSR count). The maximum Gasteiger partial charge on any atom is 0.334 e. The van der Waals surface area contributed by atoms with Crippen molar-refractivity contribution in [2.75, 3.05) is 32.6 Å². The largest absolute Gasteiger partial charge is 0.466 e. The SMILES string of the molecule is CC[C@H]1CN2CC[C@]3(C(=O)Nc4ccccc43)[C@@H]2C[C@@H]1/C(=C\C(=O)OC)C(=O)OC. The summed E-state index contributed by atoms with van der Waals surface area (Å²) >= 11 is 0. The van der Waals surface area contributed by atoms with Gasteiger partial charge in [-0.05, 0) is 42.9 Å². The summed E-state index contributed by atoms with van der Waals surface area (Å²) in [6.07, 6.45) is 3.48. The van der Waals surface area contributed by atoms with Crippen molar-refractivity contribution in [2.24, 2.45) is 11.8 Å². The van der Waals surface area contributed by atoms with Crippen molar-refractivity contribution in [3.05, 3.63) is 41.5 Å². The normalized spacial score (nSPS) is 30.6. The number of rotatable bonds is 4. The van der Waals surface area contributed by atoms with Gasteiger partial charge in [0.05, 0.1) is 19.6 Å². The zero-order chi connectivity index (χ0) is 21.5. The number of carbonyl (C=O) groups is 3. The van der Waals surface area contributed by atoms with Crippen LogP contribution in [0.5, 0.6) is 0 Å². The predicted octanol–water partition coefficient (Wildman–Crippen LogP) is 2.27. The first-order valence-corrected chi connectivity index (χ1v) is 10.5. The molecule has 2 fully saturated rings. The zero-order valence-corrected chi connectivity index (χ0v) is 17.6. The minimum absolute atomic E-state index is 0.0291. The van der Waals surface area contributed by atoms with Crippen molar-refractivity contribution in [3.63, 3.8) is 0 Å². The fourth-order valence-electron chi connectivity index (χ4n) is 5.72. The van der Waals surface area contributed by atoms with E-state index in [0.29, 0.717) is 12.0 Å². The molecule has 0 aliphatic carbocycles. The van der Waals surface area contributed by atoms with Gasteiger partial charge in [-0.25, -0.2) is 9.59 Å². The lowest BCUT2D eigenvalue weighted by atomic mass is 9.67. The Kier molecular flexibility index (Phi) is 5.40.